The number of aromatic nitrogens is 2. The Bertz CT molecular complexity index is 729. The number of fused-ring (bicyclic) bond motifs is 1. The lowest BCUT2D eigenvalue weighted by atomic mass is 9.87. The van der Waals surface area contributed by atoms with E-state index in [0.717, 1.165) is 43.0 Å². The van der Waals surface area contributed by atoms with Crippen molar-refractivity contribution in [1.29, 1.82) is 0 Å². The van der Waals surface area contributed by atoms with Crippen molar-refractivity contribution in [3.63, 3.8) is 0 Å². The van der Waals surface area contributed by atoms with E-state index in [2.05, 4.69) is 15.7 Å². The van der Waals surface area contributed by atoms with Crippen molar-refractivity contribution in [2.75, 3.05) is 19.9 Å². The van der Waals surface area contributed by atoms with Gasteiger partial charge < -0.3 is 20.1 Å². The number of amides is 1. The number of benzene rings is 1. The van der Waals surface area contributed by atoms with Crippen LogP contribution >= 0.6 is 12.4 Å². The van der Waals surface area contributed by atoms with Gasteiger partial charge in [-0.15, -0.1) is 12.4 Å². The third kappa shape index (κ3) is 3.29. The molecule has 4 rings (SSSR count). The zero-order valence-corrected chi connectivity index (χ0v) is 14.6. The van der Waals surface area contributed by atoms with Gasteiger partial charge in [-0.05, 0) is 49.7 Å². The number of ether oxygens (including phenoxy) is 2. The molecule has 1 aromatic heterocycles. The van der Waals surface area contributed by atoms with Crippen LogP contribution in [0.1, 0.15) is 18.4 Å². The second-order valence-corrected chi connectivity index (χ2v) is 6.10. The van der Waals surface area contributed by atoms with Crippen LogP contribution in [0.4, 0.5) is 0 Å². The Morgan fingerprint density at radius 1 is 1.28 bits per heavy atom. The summed E-state index contributed by atoms with van der Waals surface area (Å²) in [5.74, 6) is 1.48. The molecule has 2 aliphatic heterocycles. The number of carbonyl (C=O) groups excluding carboxylic acids is 1. The Labute approximate surface area is 152 Å². The molecule has 2 aromatic rings. The van der Waals surface area contributed by atoms with Gasteiger partial charge in [0.2, 0.25) is 12.7 Å². The Morgan fingerprint density at radius 2 is 2.08 bits per heavy atom. The van der Waals surface area contributed by atoms with Gasteiger partial charge in [0.25, 0.3) is 0 Å². The number of hydrogen-bond acceptors (Lipinski definition) is 5. The van der Waals surface area contributed by atoms with E-state index in [1.54, 1.807) is 10.9 Å². The second-order valence-electron chi connectivity index (χ2n) is 6.10. The predicted molar refractivity (Wildman–Crippen MR) is 94.0 cm³/mol. The van der Waals surface area contributed by atoms with E-state index in [9.17, 15) is 4.79 Å². The molecule has 7 nitrogen and oxygen atoms in total. The lowest BCUT2D eigenvalue weighted by Gasteiger charge is -2.36. The smallest absolute Gasteiger partial charge is 0.248 e. The van der Waals surface area contributed by atoms with Crippen LogP contribution in [0.3, 0.4) is 0 Å². The van der Waals surface area contributed by atoms with Gasteiger partial charge in [0, 0.05) is 18.9 Å². The van der Waals surface area contributed by atoms with Crippen LogP contribution in [-0.2, 0) is 16.9 Å². The summed E-state index contributed by atoms with van der Waals surface area (Å²) in [5.41, 5.74) is 0.364. The topological polar surface area (TPSA) is 77.4 Å². The summed E-state index contributed by atoms with van der Waals surface area (Å²) in [5, 5.41) is 10.7. The maximum absolute atomic E-state index is 13.0. The van der Waals surface area contributed by atoms with Crippen molar-refractivity contribution in [3.05, 3.63) is 42.2 Å². The van der Waals surface area contributed by atoms with E-state index in [1.165, 1.54) is 0 Å². The molecule has 0 spiro atoms. The monoisotopic (exact) mass is 364 g/mol. The highest BCUT2D eigenvalue weighted by Crippen LogP contribution is 2.32. The first-order valence-electron chi connectivity index (χ1n) is 8.16. The molecule has 1 aromatic carbocycles. The molecule has 0 unspecified atom stereocenters. The van der Waals surface area contributed by atoms with Gasteiger partial charge in [-0.1, -0.05) is 6.07 Å². The number of nitrogens with zero attached hydrogens (tertiary/aromatic N) is 2. The van der Waals surface area contributed by atoms with E-state index in [4.69, 9.17) is 9.47 Å². The fourth-order valence-electron chi connectivity index (χ4n) is 3.32. The fraction of sp³-hybridized carbons (Fsp3) is 0.412. The molecule has 8 heteroatoms. The van der Waals surface area contributed by atoms with Crippen LogP contribution in [0.2, 0.25) is 0 Å². The largest absolute Gasteiger partial charge is 0.454 e. The second kappa shape index (κ2) is 7.33. The van der Waals surface area contributed by atoms with Gasteiger partial charge >= 0.3 is 0 Å². The molecular formula is C17H21ClN4O3. The number of hydrogen-bond donors (Lipinski definition) is 2. The average molecular weight is 365 g/mol. The quantitative estimate of drug-likeness (QED) is 0.858. The van der Waals surface area contributed by atoms with Gasteiger partial charge in [-0.3, -0.25) is 9.48 Å². The molecule has 2 aliphatic rings. The third-order valence-corrected chi connectivity index (χ3v) is 4.69. The first-order valence-corrected chi connectivity index (χ1v) is 8.16. The summed E-state index contributed by atoms with van der Waals surface area (Å²) >= 11 is 0. The highest BCUT2D eigenvalue weighted by atomic mass is 35.5. The predicted octanol–water partition coefficient (Wildman–Crippen LogP) is 1.43. The highest BCUT2D eigenvalue weighted by Gasteiger charge is 2.41. The normalized spacial score (nSPS) is 17.6. The van der Waals surface area contributed by atoms with Crippen molar-refractivity contribution >= 4 is 18.3 Å². The molecule has 0 bridgehead atoms. The SMILES string of the molecule is Cl.O=C(NCc1ccc2c(c1)OCO2)C1(n2cccn2)CCNCC1. The lowest BCUT2D eigenvalue weighted by molar-refractivity contribution is -0.132. The molecule has 0 radical (unpaired) electrons. The van der Waals surface area contributed by atoms with Crippen LogP contribution in [0.5, 0.6) is 11.5 Å². The van der Waals surface area contributed by atoms with Crippen LogP contribution in [0, 0.1) is 0 Å². The standard InChI is InChI=1S/C17H20N4O3.ClH/c22-16(17(4-7-18-8-5-17)21-9-1-6-20-21)19-11-13-2-3-14-15(10-13)24-12-23-14;/h1-3,6,9-10,18H,4-5,7-8,11-12H2,(H,19,22);1H. The molecule has 134 valence electrons. The molecule has 1 fully saturated rings. The van der Waals surface area contributed by atoms with Crippen LogP contribution in [0.15, 0.2) is 36.7 Å². The van der Waals surface area contributed by atoms with Crippen LogP contribution in [0.25, 0.3) is 0 Å². The summed E-state index contributed by atoms with van der Waals surface area (Å²) in [7, 11) is 0. The van der Waals surface area contributed by atoms with Gasteiger partial charge in [0.05, 0.1) is 0 Å². The van der Waals surface area contributed by atoms with E-state index >= 15 is 0 Å². The zero-order chi connectivity index (χ0) is 16.4. The van der Waals surface area contributed by atoms with Gasteiger partial charge in [0.1, 0.15) is 5.54 Å². The minimum Gasteiger partial charge on any atom is -0.454 e. The molecule has 2 N–H and O–H groups in total. The molecule has 3 heterocycles. The van der Waals surface area contributed by atoms with Crippen LogP contribution in [-0.4, -0.2) is 35.6 Å². The highest BCUT2D eigenvalue weighted by molar-refractivity contribution is 5.85. The maximum Gasteiger partial charge on any atom is 0.248 e. The Hall–Kier alpha value is -2.25. The summed E-state index contributed by atoms with van der Waals surface area (Å²) in [4.78, 5) is 13.0. The summed E-state index contributed by atoms with van der Waals surface area (Å²) in [6.45, 7) is 2.31. The number of piperidine rings is 1. The van der Waals surface area contributed by atoms with Crippen molar-refractivity contribution < 1.29 is 14.3 Å². The van der Waals surface area contributed by atoms with E-state index in [-0.39, 0.29) is 25.1 Å². The molecular weight excluding hydrogens is 344 g/mol. The van der Waals surface area contributed by atoms with Gasteiger partial charge in [-0.25, -0.2) is 0 Å². The number of rotatable bonds is 4. The molecule has 25 heavy (non-hydrogen) atoms. The van der Waals surface area contributed by atoms with Crippen molar-refractivity contribution in [2.45, 2.75) is 24.9 Å². The fourth-order valence-corrected chi connectivity index (χ4v) is 3.32. The van der Waals surface area contributed by atoms with Crippen molar-refractivity contribution in [3.8, 4) is 11.5 Å². The minimum atomic E-state index is -0.620. The van der Waals surface area contributed by atoms with Gasteiger partial charge in [0.15, 0.2) is 11.5 Å². The van der Waals surface area contributed by atoms with E-state index < -0.39 is 5.54 Å². The Morgan fingerprint density at radius 3 is 2.84 bits per heavy atom. The average Bonchev–Trinajstić information content (AvgIpc) is 3.31. The number of carbonyl (C=O) groups is 1. The lowest BCUT2D eigenvalue weighted by Crippen LogP contribution is -2.54. The first kappa shape index (κ1) is 17.6. The molecule has 1 saturated heterocycles. The Balaban J connectivity index is 0.00000182. The zero-order valence-electron chi connectivity index (χ0n) is 13.7. The summed E-state index contributed by atoms with van der Waals surface area (Å²) < 4.78 is 12.5. The van der Waals surface area contributed by atoms with Crippen molar-refractivity contribution in [1.82, 2.24) is 20.4 Å². The van der Waals surface area contributed by atoms with E-state index in [1.807, 2.05) is 30.5 Å². The summed E-state index contributed by atoms with van der Waals surface area (Å²) in [6, 6.07) is 7.58. The summed E-state index contributed by atoms with van der Waals surface area (Å²) in [6.07, 6.45) is 5.03. The van der Waals surface area contributed by atoms with Gasteiger partial charge in [-0.2, -0.15) is 5.10 Å². The Kier molecular flexibility index (Phi) is 5.15. The number of halogens is 1. The number of nitrogens with one attached hydrogen (secondary N) is 2. The van der Waals surface area contributed by atoms with Crippen molar-refractivity contribution in [2.24, 2.45) is 0 Å². The first-order chi connectivity index (χ1) is 11.8. The maximum atomic E-state index is 13.0. The molecule has 0 atom stereocenters. The third-order valence-electron chi connectivity index (χ3n) is 4.69. The minimum absolute atomic E-state index is 0. The van der Waals surface area contributed by atoms with E-state index in [0.29, 0.717) is 6.54 Å². The molecule has 0 saturated carbocycles. The molecule has 0 aliphatic carbocycles. The van der Waals surface area contributed by atoms with Crippen LogP contribution < -0.4 is 20.1 Å². The molecule has 1 amide bonds.